The molecule has 0 amide bonds. The topological polar surface area (TPSA) is 83.2 Å². The third-order valence-corrected chi connectivity index (χ3v) is 1.45. The van der Waals surface area contributed by atoms with Crippen LogP contribution in [0.3, 0.4) is 0 Å². The molecule has 0 saturated carbocycles. The highest BCUT2D eigenvalue weighted by Crippen LogP contribution is 2.21. The van der Waals surface area contributed by atoms with Crippen molar-refractivity contribution in [3.63, 3.8) is 0 Å². The fourth-order valence-corrected chi connectivity index (χ4v) is 0.901. The number of nitrogens with zero attached hydrogens (tertiary/aromatic N) is 2. The highest BCUT2D eigenvalue weighted by atomic mass is 16.5. The molecule has 1 N–H and O–H groups in total. The summed E-state index contributed by atoms with van der Waals surface area (Å²) < 4.78 is 4.79. The van der Waals surface area contributed by atoms with Crippen molar-refractivity contribution in [3.05, 3.63) is 23.5 Å². The number of hydrogen-bond acceptors (Lipinski definition) is 4. The average molecular weight is 178 g/mol. The van der Waals surface area contributed by atoms with E-state index in [1.807, 2.05) is 0 Å². The first-order valence-corrected chi connectivity index (χ1v) is 3.36. The lowest BCUT2D eigenvalue weighted by Crippen LogP contribution is -2.03. The molecule has 0 aliphatic rings. The van der Waals surface area contributed by atoms with E-state index in [2.05, 4.69) is 4.98 Å². The van der Waals surface area contributed by atoms with Crippen LogP contribution in [0.1, 0.15) is 15.9 Å². The van der Waals surface area contributed by atoms with Gasteiger partial charge in [0.05, 0.1) is 7.11 Å². The smallest absolute Gasteiger partial charge is 0.341 e. The van der Waals surface area contributed by atoms with Crippen LogP contribution in [0.5, 0.6) is 5.75 Å². The first-order chi connectivity index (χ1) is 6.20. The molecule has 0 saturated heterocycles. The first-order valence-electron chi connectivity index (χ1n) is 3.36. The SMILES string of the molecule is COc1c(C#N)cncc1C(=O)O. The van der Waals surface area contributed by atoms with Gasteiger partial charge >= 0.3 is 5.97 Å². The van der Waals surface area contributed by atoms with Crippen LogP contribution < -0.4 is 4.74 Å². The number of ether oxygens (including phenoxy) is 1. The van der Waals surface area contributed by atoms with Crippen molar-refractivity contribution in [2.24, 2.45) is 0 Å². The maximum Gasteiger partial charge on any atom is 0.341 e. The number of aromatic nitrogens is 1. The number of carboxylic acids is 1. The van der Waals surface area contributed by atoms with Crippen LogP contribution >= 0.6 is 0 Å². The van der Waals surface area contributed by atoms with Gasteiger partial charge in [-0.25, -0.2) is 4.79 Å². The molecule has 5 nitrogen and oxygen atoms in total. The largest absolute Gasteiger partial charge is 0.494 e. The predicted octanol–water partition coefficient (Wildman–Crippen LogP) is 0.660. The Morgan fingerprint density at radius 2 is 2.38 bits per heavy atom. The van der Waals surface area contributed by atoms with Gasteiger partial charge in [0.25, 0.3) is 0 Å². The summed E-state index contributed by atoms with van der Waals surface area (Å²) in [4.78, 5) is 14.2. The minimum Gasteiger partial charge on any atom is -0.494 e. The summed E-state index contributed by atoms with van der Waals surface area (Å²) in [6.45, 7) is 0. The Morgan fingerprint density at radius 3 is 2.85 bits per heavy atom. The number of aromatic carboxylic acids is 1. The average Bonchev–Trinajstić information content (AvgIpc) is 2.16. The molecule has 5 heteroatoms. The summed E-state index contributed by atoms with van der Waals surface area (Å²) in [5.74, 6) is -1.12. The number of nitriles is 1. The van der Waals surface area contributed by atoms with Crippen LogP contribution in [0.2, 0.25) is 0 Å². The lowest BCUT2D eigenvalue weighted by atomic mass is 10.2. The number of hydrogen-bond donors (Lipinski definition) is 1. The summed E-state index contributed by atoms with van der Waals surface area (Å²) in [6, 6.07) is 1.79. The Labute approximate surface area is 74.2 Å². The van der Waals surface area contributed by atoms with Gasteiger partial charge in [-0.2, -0.15) is 5.26 Å². The quantitative estimate of drug-likeness (QED) is 0.719. The molecule has 66 valence electrons. The molecule has 0 radical (unpaired) electrons. The maximum atomic E-state index is 10.6. The van der Waals surface area contributed by atoms with Crippen LogP contribution in [0, 0.1) is 11.3 Å². The van der Waals surface area contributed by atoms with Crippen molar-refractivity contribution < 1.29 is 14.6 Å². The van der Waals surface area contributed by atoms with Gasteiger partial charge in [0.15, 0.2) is 5.75 Å². The molecule has 0 aliphatic heterocycles. The Kier molecular flexibility index (Phi) is 2.45. The Bertz CT molecular complexity index is 381. The van der Waals surface area contributed by atoms with Crippen molar-refractivity contribution >= 4 is 5.97 Å². The molecule has 13 heavy (non-hydrogen) atoms. The lowest BCUT2D eigenvalue weighted by Gasteiger charge is -2.04. The van der Waals surface area contributed by atoms with Crippen LogP contribution in [-0.2, 0) is 0 Å². The number of rotatable bonds is 2. The van der Waals surface area contributed by atoms with Crippen LogP contribution in [0.25, 0.3) is 0 Å². The van der Waals surface area contributed by atoms with E-state index < -0.39 is 5.97 Å². The van der Waals surface area contributed by atoms with Gasteiger partial charge in [-0.1, -0.05) is 0 Å². The van der Waals surface area contributed by atoms with Gasteiger partial charge in [0, 0.05) is 12.4 Å². The summed E-state index contributed by atoms with van der Waals surface area (Å²) in [7, 11) is 1.31. The number of carboxylic acid groups (broad SMARTS) is 1. The van der Waals surface area contributed by atoms with Crippen molar-refractivity contribution in [1.29, 1.82) is 5.26 Å². The van der Waals surface area contributed by atoms with E-state index >= 15 is 0 Å². The Hall–Kier alpha value is -2.09. The molecular weight excluding hydrogens is 172 g/mol. The normalized spacial score (nSPS) is 8.92. The summed E-state index contributed by atoms with van der Waals surface area (Å²) >= 11 is 0. The van der Waals surface area contributed by atoms with Crippen molar-refractivity contribution in [2.75, 3.05) is 7.11 Å². The molecule has 0 fully saturated rings. The van der Waals surface area contributed by atoms with Gasteiger partial charge in [-0.15, -0.1) is 0 Å². The van der Waals surface area contributed by atoms with Gasteiger partial charge in [0.2, 0.25) is 0 Å². The van der Waals surface area contributed by atoms with Crippen LogP contribution in [0.15, 0.2) is 12.4 Å². The molecule has 1 aromatic heterocycles. The second kappa shape index (κ2) is 3.54. The lowest BCUT2D eigenvalue weighted by molar-refractivity contribution is 0.0693. The molecule has 0 unspecified atom stereocenters. The third kappa shape index (κ3) is 1.56. The summed E-state index contributed by atoms with van der Waals surface area (Å²) in [5, 5.41) is 17.3. The van der Waals surface area contributed by atoms with E-state index in [4.69, 9.17) is 15.1 Å². The predicted molar refractivity (Wildman–Crippen MR) is 42.5 cm³/mol. The molecule has 1 rings (SSSR count). The molecular formula is C8H6N2O3. The van der Waals surface area contributed by atoms with Crippen molar-refractivity contribution in [2.45, 2.75) is 0 Å². The molecule has 0 spiro atoms. The molecule has 1 heterocycles. The van der Waals surface area contributed by atoms with E-state index in [-0.39, 0.29) is 16.9 Å². The monoisotopic (exact) mass is 178 g/mol. The van der Waals surface area contributed by atoms with Gasteiger partial charge in [0.1, 0.15) is 17.2 Å². The fourth-order valence-electron chi connectivity index (χ4n) is 0.901. The van der Waals surface area contributed by atoms with E-state index in [9.17, 15) is 4.79 Å². The van der Waals surface area contributed by atoms with E-state index in [0.29, 0.717) is 0 Å². The van der Waals surface area contributed by atoms with Crippen molar-refractivity contribution in [1.82, 2.24) is 4.98 Å². The second-order valence-electron chi connectivity index (χ2n) is 2.18. The summed E-state index contributed by atoms with van der Waals surface area (Å²) in [6.07, 6.45) is 2.40. The zero-order valence-corrected chi connectivity index (χ0v) is 6.81. The fraction of sp³-hybridized carbons (Fsp3) is 0.125. The number of carbonyl (C=O) groups is 1. The Balaban J connectivity index is 3.38. The number of pyridine rings is 1. The minimum absolute atomic E-state index is 0.0463. The third-order valence-electron chi connectivity index (χ3n) is 1.45. The minimum atomic E-state index is -1.17. The van der Waals surface area contributed by atoms with Crippen molar-refractivity contribution in [3.8, 4) is 11.8 Å². The molecule has 0 aromatic carbocycles. The standard InChI is InChI=1S/C8H6N2O3/c1-13-7-5(2-9)3-10-4-6(7)8(11)12/h3-4H,1H3,(H,11,12). The number of methoxy groups -OCH3 is 1. The molecule has 0 aliphatic carbocycles. The maximum absolute atomic E-state index is 10.6. The zero-order valence-electron chi connectivity index (χ0n) is 6.81. The van der Waals surface area contributed by atoms with Gasteiger partial charge < -0.3 is 9.84 Å². The van der Waals surface area contributed by atoms with Crippen LogP contribution in [0.4, 0.5) is 0 Å². The van der Waals surface area contributed by atoms with E-state index in [1.54, 1.807) is 6.07 Å². The van der Waals surface area contributed by atoms with E-state index in [0.717, 1.165) is 6.20 Å². The van der Waals surface area contributed by atoms with Crippen LogP contribution in [-0.4, -0.2) is 23.2 Å². The second-order valence-corrected chi connectivity index (χ2v) is 2.18. The van der Waals surface area contributed by atoms with Gasteiger partial charge in [-0.3, -0.25) is 4.98 Å². The molecule has 1 aromatic rings. The molecule has 0 atom stereocenters. The van der Waals surface area contributed by atoms with E-state index in [1.165, 1.54) is 13.3 Å². The first kappa shape index (κ1) is 9.00. The highest BCUT2D eigenvalue weighted by Gasteiger charge is 2.14. The zero-order chi connectivity index (χ0) is 9.84. The Morgan fingerprint density at radius 1 is 1.69 bits per heavy atom. The molecule has 0 bridgehead atoms. The summed E-state index contributed by atoms with van der Waals surface area (Å²) in [5.41, 5.74) is 0.00366. The highest BCUT2D eigenvalue weighted by molar-refractivity contribution is 5.91. The van der Waals surface area contributed by atoms with Gasteiger partial charge in [-0.05, 0) is 0 Å².